The molecule has 1 heterocycles. The summed E-state index contributed by atoms with van der Waals surface area (Å²) in [5, 5.41) is 2.71. The molecule has 16 heavy (non-hydrogen) atoms. The van der Waals surface area contributed by atoms with E-state index in [9.17, 15) is 9.59 Å². The number of nitrogens with two attached hydrogens (primary N) is 1. The van der Waals surface area contributed by atoms with Crippen LogP contribution in [0.3, 0.4) is 0 Å². The molecule has 1 aliphatic rings. The molecular weight excluding hydrogens is 226 g/mol. The molecule has 0 radical (unpaired) electrons. The Labute approximate surface area is 100 Å². The maximum Gasteiger partial charge on any atom is 0.325 e. The fourth-order valence-electron chi connectivity index (χ4n) is 1.53. The molecule has 0 saturated carbocycles. The van der Waals surface area contributed by atoms with Crippen molar-refractivity contribution in [2.24, 2.45) is 11.7 Å². The van der Waals surface area contributed by atoms with Gasteiger partial charge in [-0.15, -0.1) is 0 Å². The molecule has 1 fully saturated rings. The van der Waals surface area contributed by atoms with E-state index in [0.29, 0.717) is 11.4 Å². The first-order chi connectivity index (χ1) is 7.29. The second-order valence-electron chi connectivity index (χ2n) is 4.46. The van der Waals surface area contributed by atoms with Gasteiger partial charge in [0.2, 0.25) is 0 Å². The third-order valence-corrected chi connectivity index (χ3v) is 3.24. The number of amides is 3. The second kappa shape index (κ2) is 4.37. The van der Waals surface area contributed by atoms with Gasteiger partial charge in [-0.1, -0.05) is 26.1 Å². The molecule has 0 aliphatic carbocycles. The van der Waals surface area contributed by atoms with Crippen molar-refractivity contribution in [3.63, 3.8) is 0 Å². The number of carbonyl (C=O) groups excluding carboxylic acids is 2. The minimum absolute atomic E-state index is 0.0405. The number of nitrogens with zero attached hydrogens (tertiary/aromatic N) is 1. The van der Waals surface area contributed by atoms with Gasteiger partial charge in [-0.2, -0.15) is 0 Å². The number of nitrogens with one attached hydrogen (secondary N) is 1. The van der Waals surface area contributed by atoms with Gasteiger partial charge >= 0.3 is 6.03 Å². The normalized spacial score (nSPS) is 25.1. The summed E-state index contributed by atoms with van der Waals surface area (Å²) < 4.78 is 0. The maximum atomic E-state index is 12.1. The molecule has 0 aromatic rings. The summed E-state index contributed by atoms with van der Waals surface area (Å²) >= 11 is 4.72. The number of thiocarbonyl (C=S) groups is 1. The van der Waals surface area contributed by atoms with E-state index in [0.717, 1.165) is 0 Å². The maximum absolute atomic E-state index is 12.1. The molecule has 0 spiro atoms. The van der Waals surface area contributed by atoms with E-state index >= 15 is 0 Å². The fourth-order valence-corrected chi connectivity index (χ4v) is 1.62. The van der Waals surface area contributed by atoms with E-state index in [1.807, 2.05) is 13.8 Å². The molecule has 1 aliphatic heterocycles. The van der Waals surface area contributed by atoms with E-state index in [2.05, 4.69) is 5.32 Å². The van der Waals surface area contributed by atoms with Crippen LogP contribution >= 0.6 is 12.2 Å². The van der Waals surface area contributed by atoms with Gasteiger partial charge in [0.25, 0.3) is 5.91 Å². The molecule has 1 atom stereocenters. The van der Waals surface area contributed by atoms with Gasteiger partial charge in [0, 0.05) is 13.0 Å². The number of carbonyl (C=O) groups is 2. The van der Waals surface area contributed by atoms with Crippen molar-refractivity contribution in [3.8, 4) is 0 Å². The number of urea groups is 1. The van der Waals surface area contributed by atoms with Crippen LogP contribution in [0.2, 0.25) is 0 Å². The monoisotopic (exact) mass is 243 g/mol. The van der Waals surface area contributed by atoms with E-state index in [4.69, 9.17) is 18.0 Å². The van der Waals surface area contributed by atoms with Crippen molar-refractivity contribution >= 4 is 29.1 Å². The average Bonchev–Trinajstić information content (AvgIpc) is 2.37. The van der Waals surface area contributed by atoms with Crippen LogP contribution in [-0.2, 0) is 4.79 Å². The zero-order chi connectivity index (χ0) is 12.5. The highest BCUT2D eigenvalue weighted by atomic mass is 32.1. The highest BCUT2D eigenvalue weighted by Crippen LogP contribution is 2.25. The quantitative estimate of drug-likeness (QED) is 0.561. The smallest absolute Gasteiger partial charge is 0.325 e. The number of hydrogen-bond donors (Lipinski definition) is 2. The molecule has 1 saturated heterocycles. The second-order valence-corrected chi connectivity index (χ2v) is 4.98. The highest BCUT2D eigenvalue weighted by Gasteiger charge is 2.49. The van der Waals surface area contributed by atoms with Gasteiger partial charge in [0.15, 0.2) is 0 Å². The molecule has 1 rings (SSSR count). The molecule has 3 amide bonds. The van der Waals surface area contributed by atoms with Crippen molar-refractivity contribution in [2.75, 3.05) is 6.54 Å². The summed E-state index contributed by atoms with van der Waals surface area (Å²) in [5.74, 6) is -0.164. The number of hydrogen-bond acceptors (Lipinski definition) is 3. The van der Waals surface area contributed by atoms with E-state index in [1.54, 1.807) is 6.92 Å². The Kier molecular flexibility index (Phi) is 3.52. The van der Waals surface area contributed by atoms with Crippen LogP contribution in [0.5, 0.6) is 0 Å². The van der Waals surface area contributed by atoms with E-state index < -0.39 is 5.54 Å². The van der Waals surface area contributed by atoms with Crippen LogP contribution < -0.4 is 11.1 Å². The minimum Gasteiger partial charge on any atom is -0.393 e. The van der Waals surface area contributed by atoms with Crippen LogP contribution in [0.15, 0.2) is 0 Å². The largest absolute Gasteiger partial charge is 0.393 e. The molecule has 6 heteroatoms. The molecular formula is C10H17N3O2S. The standard InChI is InChI=1S/C10H17N3O2S/c1-6(2)10(3)8(14)13(9(15)12-10)5-4-7(11)16/h6H,4-5H2,1-3H3,(H2,11,16)(H,12,15). The van der Waals surface area contributed by atoms with Gasteiger partial charge in [0.05, 0.1) is 4.99 Å². The Hall–Kier alpha value is -1.17. The molecule has 0 aromatic heterocycles. The summed E-state index contributed by atoms with van der Waals surface area (Å²) in [6.45, 7) is 5.78. The average molecular weight is 243 g/mol. The number of rotatable bonds is 4. The van der Waals surface area contributed by atoms with Gasteiger partial charge in [-0.05, 0) is 12.8 Å². The Balaban J connectivity index is 2.79. The van der Waals surface area contributed by atoms with Gasteiger partial charge in [0.1, 0.15) is 5.54 Å². The molecule has 0 bridgehead atoms. The Morgan fingerprint density at radius 2 is 2.12 bits per heavy atom. The first-order valence-corrected chi connectivity index (χ1v) is 5.62. The van der Waals surface area contributed by atoms with Crippen molar-refractivity contribution in [1.82, 2.24) is 10.2 Å². The molecule has 3 N–H and O–H groups in total. The Bertz CT molecular complexity index is 343. The van der Waals surface area contributed by atoms with E-state index in [-0.39, 0.29) is 24.4 Å². The van der Waals surface area contributed by atoms with Crippen LogP contribution in [0.4, 0.5) is 4.79 Å². The lowest BCUT2D eigenvalue weighted by molar-refractivity contribution is -0.132. The Morgan fingerprint density at radius 1 is 1.56 bits per heavy atom. The first kappa shape index (κ1) is 12.9. The topological polar surface area (TPSA) is 75.4 Å². The SMILES string of the molecule is CC(C)C1(C)NC(=O)N(CCC(N)=S)C1=O. The summed E-state index contributed by atoms with van der Waals surface area (Å²) in [6.07, 6.45) is 0.364. The van der Waals surface area contributed by atoms with Crippen molar-refractivity contribution in [3.05, 3.63) is 0 Å². The Morgan fingerprint density at radius 3 is 2.50 bits per heavy atom. The third kappa shape index (κ3) is 2.16. The summed E-state index contributed by atoms with van der Waals surface area (Å²) in [5.41, 5.74) is 4.54. The summed E-state index contributed by atoms with van der Waals surface area (Å²) in [6, 6.07) is -0.363. The zero-order valence-electron chi connectivity index (χ0n) is 9.74. The fraction of sp³-hybridized carbons (Fsp3) is 0.700. The summed E-state index contributed by atoms with van der Waals surface area (Å²) in [7, 11) is 0. The third-order valence-electron chi connectivity index (χ3n) is 3.04. The first-order valence-electron chi connectivity index (χ1n) is 5.21. The van der Waals surface area contributed by atoms with Gasteiger partial charge < -0.3 is 11.1 Å². The van der Waals surface area contributed by atoms with Crippen molar-refractivity contribution in [1.29, 1.82) is 0 Å². The minimum atomic E-state index is -0.812. The predicted octanol–water partition coefficient (Wildman–Crippen LogP) is 0.629. The lowest BCUT2D eigenvalue weighted by Crippen LogP contribution is -2.48. The molecule has 90 valence electrons. The van der Waals surface area contributed by atoms with Crippen LogP contribution in [-0.4, -0.2) is 33.9 Å². The number of imide groups is 1. The predicted molar refractivity (Wildman–Crippen MR) is 64.9 cm³/mol. The van der Waals surface area contributed by atoms with Crippen LogP contribution in [0, 0.1) is 5.92 Å². The van der Waals surface area contributed by atoms with Gasteiger partial charge in [-0.3, -0.25) is 9.69 Å². The zero-order valence-corrected chi connectivity index (χ0v) is 10.6. The summed E-state index contributed by atoms with van der Waals surface area (Å²) in [4.78, 5) is 25.2. The molecule has 1 unspecified atom stereocenters. The van der Waals surface area contributed by atoms with Crippen LogP contribution in [0.1, 0.15) is 27.2 Å². The van der Waals surface area contributed by atoms with Crippen LogP contribution in [0.25, 0.3) is 0 Å². The van der Waals surface area contributed by atoms with Gasteiger partial charge in [-0.25, -0.2) is 4.79 Å². The van der Waals surface area contributed by atoms with Crippen molar-refractivity contribution < 1.29 is 9.59 Å². The highest BCUT2D eigenvalue weighted by molar-refractivity contribution is 7.80. The van der Waals surface area contributed by atoms with E-state index in [1.165, 1.54) is 4.90 Å². The lowest BCUT2D eigenvalue weighted by atomic mass is 9.88. The molecule has 0 aromatic carbocycles. The molecule has 5 nitrogen and oxygen atoms in total. The van der Waals surface area contributed by atoms with Crippen molar-refractivity contribution in [2.45, 2.75) is 32.7 Å². The lowest BCUT2D eigenvalue weighted by Gasteiger charge is -2.25.